The zero-order valence-corrected chi connectivity index (χ0v) is 13.5. The Hall–Kier alpha value is -2.40. The Bertz CT molecular complexity index is 896. The van der Waals surface area contributed by atoms with Crippen LogP contribution in [-0.4, -0.2) is 10.9 Å². The molecule has 1 heterocycles. The van der Waals surface area contributed by atoms with Crippen LogP contribution >= 0.6 is 22.6 Å². The molecule has 3 rings (SSSR count). The van der Waals surface area contributed by atoms with E-state index in [9.17, 15) is 4.79 Å². The Morgan fingerprint density at radius 1 is 1.32 bits per heavy atom. The van der Waals surface area contributed by atoms with Gasteiger partial charge < -0.3 is 9.73 Å². The van der Waals surface area contributed by atoms with E-state index in [4.69, 9.17) is 9.68 Å². The maximum absolute atomic E-state index is 11.4. The first-order chi connectivity index (χ1) is 10.7. The molecule has 0 bridgehead atoms. The van der Waals surface area contributed by atoms with Gasteiger partial charge in [-0.05, 0) is 59.0 Å². The number of hydrogen-bond donors (Lipinski definition) is 1. The Morgan fingerprint density at radius 3 is 2.95 bits per heavy atom. The van der Waals surface area contributed by atoms with Crippen LogP contribution in [0, 0.1) is 14.9 Å². The molecule has 0 aliphatic rings. The van der Waals surface area contributed by atoms with Crippen LogP contribution in [0.1, 0.15) is 6.42 Å². The summed E-state index contributed by atoms with van der Waals surface area (Å²) >= 11 is 2.23. The van der Waals surface area contributed by atoms with Crippen molar-refractivity contribution in [2.24, 2.45) is 0 Å². The van der Waals surface area contributed by atoms with Crippen LogP contribution in [0.4, 0.5) is 5.69 Å². The number of nitriles is 1. The summed E-state index contributed by atoms with van der Waals surface area (Å²) in [6.45, 7) is 0. The first-order valence-corrected chi connectivity index (χ1v) is 7.57. The Kier molecular flexibility index (Phi) is 4.06. The smallest absolute Gasteiger partial charge is 0.238 e. The third kappa shape index (κ3) is 3.09. The summed E-state index contributed by atoms with van der Waals surface area (Å²) < 4.78 is 6.84. The van der Waals surface area contributed by atoms with Gasteiger partial charge in [0.2, 0.25) is 11.8 Å². The summed E-state index contributed by atoms with van der Waals surface area (Å²) in [6.07, 6.45) is -0.176. The van der Waals surface area contributed by atoms with Crippen LogP contribution in [0.5, 0.6) is 0 Å². The second kappa shape index (κ2) is 6.15. The molecule has 6 heteroatoms. The van der Waals surface area contributed by atoms with Crippen LogP contribution in [0.3, 0.4) is 0 Å². The fraction of sp³-hybridized carbons (Fsp3) is 0.0625. The second-order valence-electron chi connectivity index (χ2n) is 4.59. The molecule has 1 amide bonds. The highest BCUT2D eigenvalue weighted by molar-refractivity contribution is 14.1. The van der Waals surface area contributed by atoms with Crippen LogP contribution in [0.25, 0.3) is 22.6 Å². The molecule has 0 saturated carbocycles. The highest BCUT2D eigenvalue weighted by Gasteiger charge is 2.10. The monoisotopic (exact) mass is 403 g/mol. The molecule has 0 saturated heterocycles. The molecule has 1 N–H and O–H groups in total. The summed E-state index contributed by atoms with van der Waals surface area (Å²) in [5, 5.41) is 11.1. The van der Waals surface area contributed by atoms with E-state index in [1.165, 1.54) is 0 Å². The largest absolute Gasteiger partial charge is 0.436 e. The van der Waals surface area contributed by atoms with Gasteiger partial charge >= 0.3 is 0 Å². The van der Waals surface area contributed by atoms with Gasteiger partial charge in [0.1, 0.15) is 11.9 Å². The lowest BCUT2D eigenvalue weighted by molar-refractivity contribution is -0.115. The topological polar surface area (TPSA) is 78.9 Å². The summed E-state index contributed by atoms with van der Waals surface area (Å²) in [5.41, 5.74) is 2.80. The van der Waals surface area contributed by atoms with E-state index in [1.54, 1.807) is 18.2 Å². The molecule has 0 radical (unpaired) electrons. The lowest BCUT2D eigenvalue weighted by Crippen LogP contribution is -2.09. The Balaban J connectivity index is 1.94. The van der Waals surface area contributed by atoms with Crippen LogP contribution < -0.4 is 5.32 Å². The van der Waals surface area contributed by atoms with Gasteiger partial charge in [0.15, 0.2) is 5.58 Å². The molecule has 108 valence electrons. The lowest BCUT2D eigenvalue weighted by atomic mass is 10.2. The number of nitrogens with zero attached hydrogens (tertiary/aromatic N) is 2. The third-order valence-electron chi connectivity index (χ3n) is 2.98. The van der Waals surface area contributed by atoms with E-state index in [2.05, 4.69) is 32.9 Å². The molecule has 0 atom stereocenters. The zero-order valence-electron chi connectivity index (χ0n) is 11.3. The predicted molar refractivity (Wildman–Crippen MR) is 91.0 cm³/mol. The van der Waals surface area contributed by atoms with E-state index < -0.39 is 0 Å². The lowest BCUT2D eigenvalue weighted by Gasteiger charge is -2.00. The Labute approximate surface area is 140 Å². The number of aromatic nitrogens is 1. The maximum Gasteiger partial charge on any atom is 0.238 e. The van der Waals surface area contributed by atoms with Crippen molar-refractivity contribution >= 4 is 45.3 Å². The van der Waals surface area contributed by atoms with Crippen LogP contribution in [0.2, 0.25) is 0 Å². The molecule has 2 aromatic carbocycles. The van der Waals surface area contributed by atoms with E-state index in [1.807, 2.05) is 30.3 Å². The number of rotatable bonds is 3. The molecular formula is C16H10IN3O2. The minimum absolute atomic E-state index is 0.176. The van der Waals surface area contributed by atoms with Crippen molar-refractivity contribution in [1.82, 2.24) is 4.98 Å². The van der Waals surface area contributed by atoms with Crippen LogP contribution in [-0.2, 0) is 4.79 Å². The summed E-state index contributed by atoms with van der Waals surface area (Å²) in [6, 6.07) is 14.9. The first kappa shape index (κ1) is 14.5. The van der Waals surface area contributed by atoms with Gasteiger partial charge in [0.05, 0.1) is 6.07 Å². The molecule has 1 aromatic heterocycles. The number of nitrogens with one attached hydrogen (secondary N) is 1. The molecule has 0 aliphatic carbocycles. The normalized spacial score (nSPS) is 10.4. The summed E-state index contributed by atoms with van der Waals surface area (Å²) in [4.78, 5) is 15.9. The predicted octanol–water partition coefficient (Wildman–Crippen LogP) is 3.95. The van der Waals surface area contributed by atoms with E-state index in [-0.39, 0.29) is 12.3 Å². The fourth-order valence-corrected chi connectivity index (χ4v) is 2.57. The van der Waals surface area contributed by atoms with Gasteiger partial charge in [-0.15, -0.1) is 0 Å². The molecule has 0 unspecified atom stereocenters. The van der Waals surface area contributed by atoms with Crippen LogP contribution in [0.15, 0.2) is 46.9 Å². The molecule has 3 aromatic rings. The summed E-state index contributed by atoms with van der Waals surface area (Å²) in [7, 11) is 0. The Morgan fingerprint density at radius 2 is 2.18 bits per heavy atom. The number of carbonyl (C=O) groups is 1. The maximum atomic E-state index is 11.4. The van der Waals surface area contributed by atoms with E-state index >= 15 is 0 Å². The molecule has 22 heavy (non-hydrogen) atoms. The van der Waals surface area contributed by atoms with E-state index in [0.717, 1.165) is 9.13 Å². The number of fused-ring (bicyclic) bond motifs is 1. The SMILES string of the molecule is N#CCC(=O)Nc1ccc2oc(-c3cccc(I)c3)nc2c1. The average Bonchev–Trinajstić information content (AvgIpc) is 2.90. The number of carbonyl (C=O) groups excluding carboxylic acids is 1. The van der Waals surface area contributed by atoms with Crippen molar-refractivity contribution in [3.63, 3.8) is 0 Å². The quantitative estimate of drug-likeness (QED) is 0.672. The average molecular weight is 403 g/mol. The molecule has 0 spiro atoms. The van der Waals surface area contributed by atoms with Gasteiger partial charge in [-0.2, -0.15) is 5.26 Å². The molecular weight excluding hydrogens is 393 g/mol. The van der Waals surface area contributed by atoms with Crippen molar-refractivity contribution in [3.8, 4) is 17.5 Å². The van der Waals surface area contributed by atoms with Gasteiger partial charge in [-0.25, -0.2) is 4.98 Å². The van der Waals surface area contributed by atoms with Crippen molar-refractivity contribution < 1.29 is 9.21 Å². The standard InChI is InChI=1S/C16H10IN3O2/c17-11-3-1-2-10(8-11)16-20-13-9-12(4-5-14(13)22-16)19-15(21)6-7-18/h1-5,8-9H,6H2,(H,19,21). The number of anilines is 1. The number of benzene rings is 2. The zero-order chi connectivity index (χ0) is 15.5. The van der Waals surface area contributed by atoms with Gasteiger partial charge in [-0.1, -0.05) is 6.07 Å². The minimum atomic E-state index is -0.344. The number of halogens is 1. The minimum Gasteiger partial charge on any atom is -0.436 e. The molecule has 0 aliphatic heterocycles. The molecule has 0 fully saturated rings. The van der Waals surface area contributed by atoms with Crippen molar-refractivity contribution in [1.29, 1.82) is 5.26 Å². The highest BCUT2D eigenvalue weighted by Crippen LogP contribution is 2.27. The fourth-order valence-electron chi connectivity index (χ4n) is 2.03. The second-order valence-corrected chi connectivity index (χ2v) is 5.84. The summed E-state index contributed by atoms with van der Waals surface area (Å²) in [5.74, 6) is 0.192. The molecule has 5 nitrogen and oxygen atoms in total. The van der Waals surface area contributed by atoms with Crippen molar-refractivity contribution in [2.75, 3.05) is 5.32 Å². The van der Waals surface area contributed by atoms with Gasteiger partial charge in [0.25, 0.3) is 0 Å². The van der Waals surface area contributed by atoms with Crippen molar-refractivity contribution in [2.45, 2.75) is 6.42 Å². The van der Waals surface area contributed by atoms with Gasteiger partial charge in [0, 0.05) is 14.8 Å². The third-order valence-corrected chi connectivity index (χ3v) is 3.65. The van der Waals surface area contributed by atoms with Crippen molar-refractivity contribution in [3.05, 3.63) is 46.0 Å². The highest BCUT2D eigenvalue weighted by atomic mass is 127. The number of amides is 1. The first-order valence-electron chi connectivity index (χ1n) is 6.49. The van der Waals surface area contributed by atoms with E-state index in [0.29, 0.717) is 22.7 Å². The number of hydrogen-bond acceptors (Lipinski definition) is 4. The van der Waals surface area contributed by atoms with Gasteiger partial charge in [-0.3, -0.25) is 4.79 Å². The number of oxazole rings is 1.